The van der Waals surface area contributed by atoms with Gasteiger partial charge in [-0.1, -0.05) is 61.4 Å². The number of benzene rings is 2. The van der Waals surface area contributed by atoms with E-state index in [2.05, 4.69) is 68.7 Å². The molecule has 2 heteroatoms. The van der Waals surface area contributed by atoms with E-state index in [1.807, 2.05) is 0 Å². The van der Waals surface area contributed by atoms with Crippen molar-refractivity contribution < 1.29 is 0 Å². The molecule has 0 fully saturated rings. The van der Waals surface area contributed by atoms with Gasteiger partial charge in [0.15, 0.2) is 0 Å². The van der Waals surface area contributed by atoms with Crippen molar-refractivity contribution in [3.8, 4) is 0 Å². The topological polar surface area (TPSA) is 38.0 Å². The van der Waals surface area contributed by atoms with Crippen LogP contribution in [0.5, 0.6) is 0 Å². The van der Waals surface area contributed by atoms with Crippen molar-refractivity contribution in [3.05, 3.63) is 70.3 Å². The number of rotatable bonds is 5. The van der Waals surface area contributed by atoms with Crippen molar-refractivity contribution in [3.63, 3.8) is 0 Å². The quantitative estimate of drug-likeness (QED) is 0.639. The van der Waals surface area contributed by atoms with E-state index in [1.54, 1.807) is 0 Å². The van der Waals surface area contributed by atoms with E-state index in [9.17, 15) is 0 Å². The number of hydrazine groups is 1. The molecule has 0 aliphatic rings. The van der Waals surface area contributed by atoms with E-state index in [4.69, 9.17) is 5.84 Å². The highest BCUT2D eigenvalue weighted by Crippen LogP contribution is 2.25. The van der Waals surface area contributed by atoms with E-state index < -0.39 is 0 Å². The standard InChI is InChI=1S/C18H24N2/c1-4-6-15-7-5-8-16(12-15)18(20-19)17-10-9-13(2)11-14(17)3/h5,7-12,18,20H,4,6,19H2,1-3H3. The molecule has 1 unspecified atom stereocenters. The second-order valence-electron chi connectivity index (χ2n) is 5.45. The van der Waals surface area contributed by atoms with Crippen LogP contribution in [0.4, 0.5) is 0 Å². The van der Waals surface area contributed by atoms with Crippen LogP contribution in [0.15, 0.2) is 42.5 Å². The highest BCUT2D eigenvalue weighted by Gasteiger charge is 2.14. The third kappa shape index (κ3) is 3.27. The van der Waals surface area contributed by atoms with Crippen molar-refractivity contribution in [1.29, 1.82) is 0 Å². The molecule has 3 N–H and O–H groups in total. The van der Waals surface area contributed by atoms with E-state index in [0.717, 1.165) is 12.8 Å². The first-order valence-corrected chi connectivity index (χ1v) is 7.27. The Morgan fingerprint density at radius 1 is 1.10 bits per heavy atom. The predicted molar refractivity (Wildman–Crippen MR) is 85.5 cm³/mol. The Morgan fingerprint density at radius 3 is 2.55 bits per heavy atom. The molecule has 106 valence electrons. The van der Waals surface area contributed by atoms with Crippen molar-refractivity contribution in [2.45, 2.75) is 39.7 Å². The molecular formula is C18H24N2. The molecular weight excluding hydrogens is 244 g/mol. The van der Waals surface area contributed by atoms with Gasteiger partial charge in [-0.25, -0.2) is 5.43 Å². The van der Waals surface area contributed by atoms with Gasteiger partial charge in [-0.05, 0) is 42.5 Å². The summed E-state index contributed by atoms with van der Waals surface area (Å²) >= 11 is 0. The van der Waals surface area contributed by atoms with Gasteiger partial charge in [-0.2, -0.15) is 0 Å². The SMILES string of the molecule is CCCc1cccc(C(NN)c2ccc(C)cc2C)c1. The summed E-state index contributed by atoms with van der Waals surface area (Å²) in [7, 11) is 0. The zero-order valence-corrected chi connectivity index (χ0v) is 12.6. The normalized spacial score (nSPS) is 12.4. The van der Waals surface area contributed by atoms with Crippen molar-refractivity contribution in [2.75, 3.05) is 0 Å². The van der Waals surface area contributed by atoms with Crippen LogP contribution < -0.4 is 11.3 Å². The van der Waals surface area contributed by atoms with Gasteiger partial charge in [0.05, 0.1) is 6.04 Å². The average molecular weight is 268 g/mol. The van der Waals surface area contributed by atoms with E-state index in [1.165, 1.54) is 27.8 Å². The number of hydrogen-bond donors (Lipinski definition) is 2. The van der Waals surface area contributed by atoms with Crippen molar-refractivity contribution in [1.82, 2.24) is 5.43 Å². The molecule has 0 spiro atoms. The summed E-state index contributed by atoms with van der Waals surface area (Å²) in [5.41, 5.74) is 9.36. The second kappa shape index (κ2) is 6.69. The Morgan fingerprint density at radius 2 is 1.90 bits per heavy atom. The Labute approximate surface area is 122 Å². The van der Waals surface area contributed by atoms with Gasteiger partial charge in [0, 0.05) is 0 Å². The van der Waals surface area contributed by atoms with E-state index in [-0.39, 0.29) is 6.04 Å². The lowest BCUT2D eigenvalue weighted by Gasteiger charge is -2.20. The van der Waals surface area contributed by atoms with Gasteiger partial charge in [0.25, 0.3) is 0 Å². The lowest BCUT2D eigenvalue weighted by molar-refractivity contribution is 0.632. The molecule has 0 bridgehead atoms. The van der Waals surface area contributed by atoms with Gasteiger partial charge >= 0.3 is 0 Å². The summed E-state index contributed by atoms with van der Waals surface area (Å²) in [6.07, 6.45) is 2.27. The Hall–Kier alpha value is -1.64. The van der Waals surface area contributed by atoms with Crippen molar-refractivity contribution >= 4 is 0 Å². The third-order valence-electron chi connectivity index (χ3n) is 3.73. The van der Waals surface area contributed by atoms with Crippen LogP contribution in [0, 0.1) is 13.8 Å². The summed E-state index contributed by atoms with van der Waals surface area (Å²) in [6.45, 7) is 6.46. The molecule has 0 radical (unpaired) electrons. The molecule has 20 heavy (non-hydrogen) atoms. The number of aryl methyl sites for hydroxylation is 3. The molecule has 2 rings (SSSR count). The minimum atomic E-state index is 0.0485. The van der Waals surface area contributed by atoms with Gasteiger partial charge < -0.3 is 0 Å². The first kappa shape index (κ1) is 14.8. The molecule has 1 atom stereocenters. The third-order valence-corrected chi connectivity index (χ3v) is 3.73. The van der Waals surface area contributed by atoms with Gasteiger partial charge in [-0.3, -0.25) is 5.84 Å². The largest absolute Gasteiger partial charge is 0.271 e. The van der Waals surface area contributed by atoms with Crippen LogP contribution in [-0.2, 0) is 6.42 Å². The van der Waals surface area contributed by atoms with Gasteiger partial charge in [0.1, 0.15) is 0 Å². The summed E-state index contributed by atoms with van der Waals surface area (Å²) in [4.78, 5) is 0. The van der Waals surface area contributed by atoms with Crippen LogP contribution >= 0.6 is 0 Å². The molecule has 0 aliphatic heterocycles. The van der Waals surface area contributed by atoms with Crippen LogP contribution in [0.3, 0.4) is 0 Å². The summed E-state index contributed by atoms with van der Waals surface area (Å²) < 4.78 is 0. The zero-order chi connectivity index (χ0) is 14.5. The molecule has 0 amide bonds. The van der Waals surface area contributed by atoms with E-state index >= 15 is 0 Å². The monoisotopic (exact) mass is 268 g/mol. The lowest BCUT2D eigenvalue weighted by Crippen LogP contribution is -2.29. The van der Waals surface area contributed by atoms with Gasteiger partial charge in [-0.15, -0.1) is 0 Å². The van der Waals surface area contributed by atoms with Gasteiger partial charge in [0.2, 0.25) is 0 Å². The molecule has 0 aliphatic carbocycles. The average Bonchev–Trinajstić information content (AvgIpc) is 2.43. The molecule has 0 aromatic heterocycles. The fourth-order valence-corrected chi connectivity index (χ4v) is 2.73. The molecule has 2 aromatic rings. The Kier molecular flexibility index (Phi) is 4.94. The van der Waals surface area contributed by atoms with Crippen LogP contribution in [-0.4, -0.2) is 0 Å². The van der Waals surface area contributed by atoms with E-state index in [0.29, 0.717) is 0 Å². The predicted octanol–water partition coefficient (Wildman–Crippen LogP) is 3.81. The zero-order valence-electron chi connectivity index (χ0n) is 12.6. The van der Waals surface area contributed by atoms with Crippen LogP contribution in [0.25, 0.3) is 0 Å². The minimum absolute atomic E-state index is 0.0485. The van der Waals surface area contributed by atoms with Crippen LogP contribution in [0.2, 0.25) is 0 Å². The highest BCUT2D eigenvalue weighted by atomic mass is 15.2. The highest BCUT2D eigenvalue weighted by molar-refractivity contribution is 5.39. The summed E-state index contributed by atoms with van der Waals surface area (Å²) in [5.74, 6) is 5.82. The first-order valence-electron chi connectivity index (χ1n) is 7.27. The maximum Gasteiger partial charge on any atom is 0.0712 e. The Balaban J connectivity index is 2.38. The molecule has 0 saturated carbocycles. The summed E-state index contributed by atoms with van der Waals surface area (Å²) in [6, 6.07) is 15.3. The van der Waals surface area contributed by atoms with Crippen molar-refractivity contribution in [2.24, 2.45) is 5.84 Å². The molecule has 0 heterocycles. The number of hydrogen-bond acceptors (Lipinski definition) is 2. The fourth-order valence-electron chi connectivity index (χ4n) is 2.73. The maximum absolute atomic E-state index is 5.82. The summed E-state index contributed by atoms with van der Waals surface area (Å²) in [5, 5.41) is 0. The van der Waals surface area contributed by atoms with Crippen LogP contribution in [0.1, 0.15) is 47.2 Å². The Bertz CT molecular complexity index is 575. The molecule has 2 aromatic carbocycles. The smallest absolute Gasteiger partial charge is 0.0712 e. The second-order valence-corrected chi connectivity index (χ2v) is 5.45. The fraction of sp³-hybridized carbons (Fsp3) is 0.333. The lowest BCUT2D eigenvalue weighted by atomic mass is 9.93. The molecule has 2 nitrogen and oxygen atoms in total. The first-order chi connectivity index (χ1) is 9.65. The number of nitrogens with one attached hydrogen (secondary N) is 1. The maximum atomic E-state index is 5.82. The molecule has 0 saturated heterocycles. The minimum Gasteiger partial charge on any atom is -0.271 e. The number of nitrogens with two attached hydrogens (primary N) is 1.